The number of hydrogen-bond donors (Lipinski definition) is 5. The van der Waals surface area contributed by atoms with Crippen LogP contribution >= 0.6 is 0 Å². The molecule has 4 rings (SSSR count). The standard InChI is InChI=1S/C29H34N6O5/c1-17(2)13-25(36)35-12-11-23(34-29(39)32-19-7-6-8-20(15-19)40-3)26(35)28(38)33-24(27(30)37)14-18-16-31-22-10-5-4-9-21(18)22/h4-10,13,15-16,23-24,26,31H,11-12,14H2,1-3H3,(H2,30,37)(H,33,38)(H2,32,34,39)/t23-,24+,26-/m0/s1. The van der Waals surface area contributed by atoms with Gasteiger partial charge in [0.25, 0.3) is 0 Å². The zero-order valence-corrected chi connectivity index (χ0v) is 22.7. The Morgan fingerprint density at radius 1 is 1.15 bits per heavy atom. The van der Waals surface area contributed by atoms with Crippen LogP contribution < -0.4 is 26.4 Å². The van der Waals surface area contributed by atoms with Crippen molar-refractivity contribution >= 4 is 40.3 Å². The molecule has 2 heterocycles. The van der Waals surface area contributed by atoms with Gasteiger partial charge in [-0.2, -0.15) is 0 Å². The maximum atomic E-state index is 13.7. The lowest BCUT2D eigenvalue weighted by Crippen LogP contribution is -2.58. The quantitative estimate of drug-likeness (QED) is 0.260. The minimum absolute atomic E-state index is 0.161. The third kappa shape index (κ3) is 6.60. The number of aromatic nitrogens is 1. The second-order valence-corrected chi connectivity index (χ2v) is 9.95. The number of carbonyl (C=O) groups excluding carboxylic acids is 4. The average molecular weight is 547 g/mol. The lowest BCUT2D eigenvalue weighted by Gasteiger charge is -2.28. The Labute approximate surface area is 232 Å². The number of rotatable bonds is 9. The molecule has 1 aliphatic rings. The number of likely N-dealkylation sites (tertiary alicyclic amines) is 1. The van der Waals surface area contributed by atoms with Crippen molar-refractivity contribution in [3.05, 3.63) is 71.9 Å². The maximum absolute atomic E-state index is 13.7. The molecule has 0 saturated carbocycles. The van der Waals surface area contributed by atoms with Gasteiger partial charge in [0.1, 0.15) is 17.8 Å². The first-order valence-corrected chi connectivity index (χ1v) is 13.0. The summed E-state index contributed by atoms with van der Waals surface area (Å²) in [6, 6.07) is 11.1. The molecule has 1 saturated heterocycles. The summed E-state index contributed by atoms with van der Waals surface area (Å²) in [5.41, 5.74) is 8.67. The number of primary amides is 1. The number of carbonyl (C=O) groups is 4. The number of para-hydroxylation sites is 1. The van der Waals surface area contributed by atoms with E-state index < -0.39 is 36.0 Å². The van der Waals surface area contributed by atoms with Crippen molar-refractivity contribution in [2.24, 2.45) is 5.73 Å². The number of allylic oxidation sites excluding steroid dienone is 1. The lowest BCUT2D eigenvalue weighted by atomic mass is 10.0. The largest absolute Gasteiger partial charge is 0.497 e. The van der Waals surface area contributed by atoms with Gasteiger partial charge in [0.2, 0.25) is 17.7 Å². The number of anilines is 1. The van der Waals surface area contributed by atoms with Gasteiger partial charge in [-0.1, -0.05) is 29.8 Å². The summed E-state index contributed by atoms with van der Waals surface area (Å²) in [5.74, 6) is -1.07. The minimum Gasteiger partial charge on any atom is -0.497 e. The Hall–Kier alpha value is -4.80. The second-order valence-electron chi connectivity index (χ2n) is 9.95. The molecule has 0 radical (unpaired) electrons. The number of hydrogen-bond acceptors (Lipinski definition) is 5. The van der Waals surface area contributed by atoms with Crippen LogP contribution in [0.5, 0.6) is 5.75 Å². The van der Waals surface area contributed by atoms with E-state index in [9.17, 15) is 19.2 Å². The van der Waals surface area contributed by atoms with Crippen molar-refractivity contribution in [2.45, 2.75) is 44.8 Å². The van der Waals surface area contributed by atoms with E-state index in [1.807, 2.05) is 24.3 Å². The van der Waals surface area contributed by atoms with Crippen molar-refractivity contribution < 1.29 is 23.9 Å². The van der Waals surface area contributed by atoms with Gasteiger partial charge >= 0.3 is 6.03 Å². The molecule has 11 heteroatoms. The highest BCUT2D eigenvalue weighted by molar-refractivity contribution is 5.97. The predicted octanol–water partition coefficient (Wildman–Crippen LogP) is 2.45. The number of urea groups is 1. The molecule has 6 N–H and O–H groups in total. The van der Waals surface area contributed by atoms with Gasteiger partial charge in [0, 0.05) is 47.9 Å². The summed E-state index contributed by atoms with van der Waals surface area (Å²) in [6.45, 7) is 3.81. The second kappa shape index (κ2) is 12.4. The fourth-order valence-corrected chi connectivity index (χ4v) is 4.88. The number of fused-ring (bicyclic) bond motifs is 1. The van der Waals surface area contributed by atoms with E-state index in [1.54, 1.807) is 44.3 Å². The van der Waals surface area contributed by atoms with Crippen LogP contribution in [0.2, 0.25) is 0 Å². The molecule has 0 unspecified atom stereocenters. The SMILES string of the molecule is COc1cccc(NC(=O)N[C@H]2CCN(C(=O)C=C(C)C)[C@@H]2C(=O)N[C@H](Cc2c[nH]c3ccccc23)C(N)=O)c1. The van der Waals surface area contributed by atoms with Crippen molar-refractivity contribution in [1.82, 2.24) is 20.5 Å². The Morgan fingerprint density at radius 3 is 2.65 bits per heavy atom. The summed E-state index contributed by atoms with van der Waals surface area (Å²) < 4.78 is 5.19. The van der Waals surface area contributed by atoms with E-state index in [0.29, 0.717) is 17.9 Å². The Morgan fingerprint density at radius 2 is 1.93 bits per heavy atom. The Kier molecular flexibility index (Phi) is 8.73. The van der Waals surface area contributed by atoms with E-state index >= 15 is 0 Å². The van der Waals surface area contributed by atoms with E-state index in [2.05, 4.69) is 20.9 Å². The summed E-state index contributed by atoms with van der Waals surface area (Å²) in [5, 5.41) is 9.20. The van der Waals surface area contributed by atoms with Crippen LogP contribution in [-0.4, -0.2) is 65.4 Å². The number of methoxy groups -OCH3 is 1. The molecule has 11 nitrogen and oxygen atoms in total. The van der Waals surface area contributed by atoms with Crippen molar-refractivity contribution in [1.29, 1.82) is 0 Å². The van der Waals surface area contributed by atoms with Crippen LogP contribution in [-0.2, 0) is 20.8 Å². The third-order valence-electron chi connectivity index (χ3n) is 6.76. The molecule has 0 spiro atoms. The highest BCUT2D eigenvalue weighted by atomic mass is 16.5. The molecule has 1 aromatic heterocycles. The summed E-state index contributed by atoms with van der Waals surface area (Å²) in [7, 11) is 1.52. The number of H-pyrrole nitrogens is 1. The number of ether oxygens (including phenoxy) is 1. The van der Waals surface area contributed by atoms with Crippen molar-refractivity contribution in [3.63, 3.8) is 0 Å². The van der Waals surface area contributed by atoms with Crippen LogP contribution in [0.25, 0.3) is 10.9 Å². The number of aromatic amines is 1. The van der Waals surface area contributed by atoms with Crippen LogP contribution in [0.1, 0.15) is 25.8 Å². The van der Waals surface area contributed by atoms with Gasteiger partial charge < -0.3 is 36.3 Å². The molecule has 1 aliphatic heterocycles. The summed E-state index contributed by atoms with van der Waals surface area (Å²) in [4.78, 5) is 56.5. The molecular weight excluding hydrogens is 512 g/mol. The molecule has 40 heavy (non-hydrogen) atoms. The number of amides is 5. The molecule has 3 aromatic rings. The third-order valence-corrected chi connectivity index (χ3v) is 6.76. The smallest absolute Gasteiger partial charge is 0.319 e. The average Bonchev–Trinajstić information content (AvgIpc) is 3.52. The van der Waals surface area contributed by atoms with Crippen LogP contribution in [0.4, 0.5) is 10.5 Å². The van der Waals surface area contributed by atoms with Gasteiger partial charge in [-0.05, 0) is 44.0 Å². The number of benzene rings is 2. The van der Waals surface area contributed by atoms with Gasteiger partial charge in [0.05, 0.1) is 13.2 Å². The molecule has 3 atom stereocenters. The van der Waals surface area contributed by atoms with Gasteiger partial charge in [0.15, 0.2) is 0 Å². The Bertz CT molecular complexity index is 1440. The fraction of sp³-hybridized carbons (Fsp3) is 0.310. The summed E-state index contributed by atoms with van der Waals surface area (Å²) >= 11 is 0. The molecule has 210 valence electrons. The summed E-state index contributed by atoms with van der Waals surface area (Å²) in [6.07, 6.45) is 3.72. The van der Waals surface area contributed by atoms with Gasteiger partial charge in [-0.3, -0.25) is 14.4 Å². The molecule has 0 bridgehead atoms. The van der Waals surface area contributed by atoms with Crippen LogP contribution in [0.15, 0.2) is 66.4 Å². The van der Waals surface area contributed by atoms with Crippen molar-refractivity contribution in [3.8, 4) is 5.75 Å². The zero-order valence-electron chi connectivity index (χ0n) is 22.7. The zero-order chi connectivity index (χ0) is 28.8. The maximum Gasteiger partial charge on any atom is 0.319 e. The molecule has 2 aromatic carbocycles. The van der Waals surface area contributed by atoms with E-state index in [-0.39, 0.29) is 18.9 Å². The van der Waals surface area contributed by atoms with Crippen LogP contribution in [0.3, 0.4) is 0 Å². The first-order valence-electron chi connectivity index (χ1n) is 13.0. The Balaban J connectivity index is 1.53. The van der Waals surface area contributed by atoms with Gasteiger partial charge in [-0.15, -0.1) is 0 Å². The molecule has 1 fully saturated rings. The van der Waals surface area contributed by atoms with Crippen molar-refractivity contribution in [2.75, 3.05) is 19.0 Å². The molecule has 5 amide bonds. The molecular formula is C29H34N6O5. The van der Waals surface area contributed by atoms with Crippen LogP contribution in [0, 0.1) is 0 Å². The fourth-order valence-electron chi connectivity index (χ4n) is 4.88. The van der Waals surface area contributed by atoms with E-state index in [1.165, 1.54) is 18.1 Å². The predicted molar refractivity (Wildman–Crippen MR) is 152 cm³/mol. The van der Waals surface area contributed by atoms with Gasteiger partial charge in [-0.25, -0.2) is 4.79 Å². The number of nitrogens with one attached hydrogen (secondary N) is 4. The first kappa shape index (κ1) is 28.2. The number of nitrogens with two attached hydrogens (primary N) is 1. The lowest BCUT2D eigenvalue weighted by molar-refractivity contribution is -0.137. The van der Waals surface area contributed by atoms with E-state index in [0.717, 1.165) is 22.0 Å². The topological polar surface area (TPSA) is 159 Å². The minimum atomic E-state index is -1.05. The van der Waals surface area contributed by atoms with E-state index in [4.69, 9.17) is 10.5 Å². The first-order chi connectivity index (χ1) is 19.2. The number of nitrogens with zero attached hydrogens (tertiary/aromatic N) is 1. The monoisotopic (exact) mass is 546 g/mol. The molecule has 0 aliphatic carbocycles. The highest BCUT2D eigenvalue weighted by Crippen LogP contribution is 2.23. The normalized spacial score (nSPS) is 17.1. The highest BCUT2D eigenvalue weighted by Gasteiger charge is 2.43.